The van der Waals surface area contributed by atoms with E-state index in [0.29, 0.717) is 15.9 Å². The lowest BCUT2D eigenvalue weighted by atomic mass is 9.83. The Morgan fingerprint density at radius 2 is 1.89 bits per heavy atom. The van der Waals surface area contributed by atoms with Crippen molar-refractivity contribution >= 4 is 39.0 Å². The zero-order chi connectivity index (χ0) is 25.5. The number of rotatable bonds is 5. The Morgan fingerprint density at radius 1 is 1.08 bits per heavy atom. The normalized spacial score (nSPS) is 16.5. The van der Waals surface area contributed by atoms with E-state index in [2.05, 4.69) is 46.3 Å². The first-order valence-corrected chi connectivity index (χ1v) is 13.9. The molecule has 1 atom stereocenters. The first-order valence-electron chi connectivity index (χ1n) is 12.3. The fraction of sp³-hybridized carbons (Fsp3) is 0.200. The van der Waals surface area contributed by atoms with Crippen LogP contribution in [-0.2, 0) is 6.42 Å². The van der Waals surface area contributed by atoms with Gasteiger partial charge in [0.25, 0.3) is 5.56 Å². The monoisotopic (exact) mass is 572 g/mol. The molecule has 5 nitrogen and oxygen atoms in total. The van der Waals surface area contributed by atoms with E-state index in [4.69, 9.17) is 14.5 Å². The Hall–Kier alpha value is -3.42. The second-order valence-corrected chi connectivity index (χ2v) is 10.8. The molecule has 4 aromatic rings. The molecule has 0 unspecified atom stereocenters. The van der Waals surface area contributed by atoms with Gasteiger partial charge >= 0.3 is 0 Å². The minimum absolute atomic E-state index is 0.0462. The highest BCUT2D eigenvalue weighted by Gasteiger charge is 2.33. The molecule has 0 spiro atoms. The van der Waals surface area contributed by atoms with E-state index in [-0.39, 0.29) is 11.6 Å². The van der Waals surface area contributed by atoms with Gasteiger partial charge in [0.15, 0.2) is 4.80 Å². The van der Waals surface area contributed by atoms with Gasteiger partial charge in [0, 0.05) is 11.1 Å². The smallest absolute Gasteiger partial charge is 0.271 e. The molecule has 0 fully saturated rings. The van der Waals surface area contributed by atoms with Gasteiger partial charge in [-0.2, -0.15) is 0 Å². The van der Waals surface area contributed by atoms with Gasteiger partial charge in [0.05, 0.1) is 34.5 Å². The second-order valence-electron chi connectivity index (χ2n) is 8.98. The van der Waals surface area contributed by atoms with Gasteiger partial charge in [0.2, 0.25) is 0 Å². The van der Waals surface area contributed by atoms with Crippen LogP contribution in [0.4, 0.5) is 0 Å². The minimum atomic E-state index is -0.273. The summed E-state index contributed by atoms with van der Waals surface area (Å²) in [6.07, 6.45) is 3.69. The first-order chi connectivity index (χ1) is 18.1. The summed E-state index contributed by atoms with van der Waals surface area (Å²) < 4.78 is 14.8. The largest absolute Gasteiger partial charge is 0.496 e. The molecule has 1 aromatic heterocycles. The molecule has 0 radical (unpaired) electrons. The van der Waals surface area contributed by atoms with Crippen LogP contribution < -0.4 is 24.4 Å². The third-order valence-electron chi connectivity index (χ3n) is 6.86. The van der Waals surface area contributed by atoms with Crippen LogP contribution in [0.15, 0.2) is 86.6 Å². The summed E-state index contributed by atoms with van der Waals surface area (Å²) in [7, 11) is 1.68. The highest BCUT2D eigenvalue weighted by atomic mass is 79.9. The number of benzene rings is 3. The van der Waals surface area contributed by atoms with E-state index in [1.165, 1.54) is 16.9 Å². The second kappa shape index (κ2) is 9.80. The number of aromatic nitrogens is 1. The standard InChI is InChI=1S/C30H25BrN2O3S/c1-3-36-25-15-12-18(16-23(25)31)17-26-29(34)33-28(21-10-6-7-11-24(21)35-2)22-14-13-19-8-4-5-9-20(19)27(22)32-30(33)37-26/h4-12,15-17,28H,3,13-14H2,1-2H3/b26-17+/t28-/m1/s1. The fourth-order valence-electron chi connectivity index (χ4n) is 5.22. The van der Waals surface area contributed by atoms with Crippen LogP contribution in [0.3, 0.4) is 0 Å². The Morgan fingerprint density at radius 3 is 2.70 bits per heavy atom. The number of ether oxygens (including phenoxy) is 2. The molecule has 0 bridgehead atoms. The van der Waals surface area contributed by atoms with Crippen LogP contribution >= 0.6 is 27.3 Å². The zero-order valence-corrected chi connectivity index (χ0v) is 22.9. The fourth-order valence-corrected chi connectivity index (χ4v) is 6.73. The maximum atomic E-state index is 14.0. The topological polar surface area (TPSA) is 52.8 Å². The van der Waals surface area contributed by atoms with Crippen molar-refractivity contribution < 1.29 is 9.47 Å². The molecular weight excluding hydrogens is 548 g/mol. The molecule has 1 aliphatic carbocycles. The molecule has 2 heterocycles. The van der Waals surface area contributed by atoms with Crippen LogP contribution in [0, 0.1) is 0 Å². The number of para-hydroxylation sites is 1. The Kier molecular flexibility index (Phi) is 6.34. The maximum Gasteiger partial charge on any atom is 0.271 e. The molecule has 0 amide bonds. The molecule has 37 heavy (non-hydrogen) atoms. The van der Waals surface area contributed by atoms with E-state index in [9.17, 15) is 4.79 Å². The number of fused-ring (bicyclic) bond motifs is 3. The van der Waals surface area contributed by atoms with Gasteiger partial charge in [-0.3, -0.25) is 9.36 Å². The minimum Gasteiger partial charge on any atom is -0.496 e. The molecule has 7 heteroatoms. The van der Waals surface area contributed by atoms with E-state index in [0.717, 1.165) is 56.8 Å². The average Bonchev–Trinajstić information content (AvgIpc) is 3.23. The van der Waals surface area contributed by atoms with Crippen LogP contribution in [0.25, 0.3) is 11.8 Å². The number of methoxy groups -OCH3 is 1. The average molecular weight is 574 g/mol. The zero-order valence-electron chi connectivity index (χ0n) is 20.5. The summed E-state index contributed by atoms with van der Waals surface area (Å²) >= 11 is 5.01. The van der Waals surface area contributed by atoms with E-state index >= 15 is 0 Å². The van der Waals surface area contributed by atoms with Gasteiger partial charge in [-0.15, -0.1) is 0 Å². The third kappa shape index (κ3) is 4.16. The van der Waals surface area contributed by atoms with Gasteiger partial charge < -0.3 is 9.47 Å². The van der Waals surface area contributed by atoms with Crippen molar-refractivity contribution in [3.63, 3.8) is 0 Å². The highest BCUT2D eigenvalue weighted by molar-refractivity contribution is 9.10. The number of halogens is 1. The molecule has 0 saturated heterocycles. The Bertz CT molecular complexity index is 1730. The van der Waals surface area contributed by atoms with Crippen molar-refractivity contribution in [2.75, 3.05) is 13.7 Å². The van der Waals surface area contributed by atoms with Crippen molar-refractivity contribution in [2.45, 2.75) is 25.8 Å². The van der Waals surface area contributed by atoms with Crippen molar-refractivity contribution in [2.24, 2.45) is 4.99 Å². The van der Waals surface area contributed by atoms with Gasteiger partial charge in [-0.1, -0.05) is 59.9 Å². The number of thiazole rings is 1. The molecule has 6 rings (SSSR count). The summed E-state index contributed by atoms with van der Waals surface area (Å²) in [5.41, 5.74) is 6.43. The summed E-state index contributed by atoms with van der Waals surface area (Å²) in [6, 6.07) is 22.0. The highest BCUT2D eigenvalue weighted by Crippen LogP contribution is 2.43. The van der Waals surface area contributed by atoms with Crippen molar-refractivity contribution in [1.29, 1.82) is 0 Å². The SMILES string of the molecule is CCOc1ccc(/C=c2/sc3n(c2=O)[C@H](c2ccccc2OC)C2=C(N=3)c3ccccc3CC2)cc1Br. The van der Waals surface area contributed by atoms with Crippen molar-refractivity contribution in [3.05, 3.63) is 119 Å². The molecule has 1 aliphatic heterocycles. The number of hydrogen-bond donors (Lipinski definition) is 0. The van der Waals surface area contributed by atoms with Gasteiger partial charge in [0.1, 0.15) is 11.5 Å². The lowest BCUT2D eigenvalue weighted by Gasteiger charge is -2.31. The summed E-state index contributed by atoms with van der Waals surface area (Å²) in [6.45, 7) is 2.55. The third-order valence-corrected chi connectivity index (χ3v) is 8.46. The number of allylic oxidation sites excluding steroid dienone is 1. The molecule has 3 aromatic carbocycles. The van der Waals surface area contributed by atoms with E-state index in [1.54, 1.807) is 7.11 Å². The van der Waals surface area contributed by atoms with Crippen LogP contribution in [0.2, 0.25) is 0 Å². The molecule has 186 valence electrons. The predicted octanol–water partition coefficient (Wildman–Crippen LogP) is 5.49. The summed E-state index contributed by atoms with van der Waals surface area (Å²) in [5.74, 6) is 1.55. The summed E-state index contributed by atoms with van der Waals surface area (Å²) in [5, 5.41) is 0. The van der Waals surface area contributed by atoms with Crippen molar-refractivity contribution in [1.82, 2.24) is 4.57 Å². The van der Waals surface area contributed by atoms with Gasteiger partial charge in [-0.05, 0) is 76.7 Å². The van der Waals surface area contributed by atoms with E-state index in [1.807, 2.05) is 54.0 Å². The first kappa shape index (κ1) is 23.9. The molecule has 0 N–H and O–H groups in total. The molecule has 0 saturated carbocycles. The summed E-state index contributed by atoms with van der Waals surface area (Å²) in [4.78, 5) is 19.7. The van der Waals surface area contributed by atoms with Crippen LogP contribution in [-0.4, -0.2) is 18.3 Å². The van der Waals surface area contributed by atoms with Crippen LogP contribution in [0.5, 0.6) is 11.5 Å². The number of nitrogens with zero attached hydrogens (tertiary/aromatic N) is 2. The molecular formula is C30H25BrN2O3S. The Balaban J connectivity index is 1.59. The maximum absolute atomic E-state index is 14.0. The van der Waals surface area contributed by atoms with E-state index < -0.39 is 0 Å². The predicted molar refractivity (Wildman–Crippen MR) is 151 cm³/mol. The van der Waals surface area contributed by atoms with Gasteiger partial charge in [-0.25, -0.2) is 4.99 Å². The number of hydrogen-bond acceptors (Lipinski definition) is 5. The quantitative estimate of drug-likeness (QED) is 0.318. The lowest BCUT2D eigenvalue weighted by Crippen LogP contribution is -2.39. The lowest BCUT2D eigenvalue weighted by molar-refractivity contribution is 0.338. The number of aryl methyl sites for hydroxylation is 1. The Labute approximate surface area is 227 Å². The van der Waals surface area contributed by atoms with Crippen LogP contribution in [0.1, 0.15) is 41.6 Å². The van der Waals surface area contributed by atoms with Crippen molar-refractivity contribution in [3.8, 4) is 11.5 Å². The molecule has 2 aliphatic rings.